The first-order valence-corrected chi connectivity index (χ1v) is 14.2. The van der Waals surface area contributed by atoms with Crippen molar-refractivity contribution in [3.05, 3.63) is 101 Å². The Morgan fingerprint density at radius 1 is 1.07 bits per heavy atom. The third kappa shape index (κ3) is 5.38. The number of aryl methyl sites for hydroxylation is 2. The van der Waals surface area contributed by atoms with Gasteiger partial charge in [0.1, 0.15) is 24.0 Å². The lowest BCUT2D eigenvalue weighted by molar-refractivity contribution is -0.122. The fourth-order valence-corrected chi connectivity index (χ4v) is 6.18. The van der Waals surface area contributed by atoms with Crippen molar-refractivity contribution in [1.82, 2.24) is 15.1 Å². The van der Waals surface area contributed by atoms with E-state index in [-0.39, 0.29) is 29.7 Å². The normalized spacial score (nSPS) is 15.1. The van der Waals surface area contributed by atoms with Crippen molar-refractivity contribution in [3.8, 4) is 16.9 Å². The Morgan fingerprint density at radius 2 is 1.85 bits per heavy atom. The van der Waals surface area contributed by atoms with Crippen LogP contribution in [0.5, 0.6) is 0 Å². The van der Waals surface area contributed by atoms with E-state index < -0.39 is 16.9 Å². The summed E-state index contributed by atoms with van der Waals surface area (Å²) in [5.41, 5.74) is 4.91. The number of nitrogens with zero attached hydrogens (tertiary/aromatic N) is 3. The number of carbonyl (C=O) groups is 2. The lowest BCUT2D eigenvalue weighted by Crippen LogP contribution is -2.42. The van der Waals surface area contributed by atoms with E-state index in [9.17, 15) is 14.0 Å². The van der Waals surface area contributed by atoms with E-state index in [2.05, 4.69) is 5.32 Å². The first kappa shape index (κ1) is 27.6. The quantitative estimate of drug-likeness (QED) is 0.295. The number of halogens is 2. The van der Waals surface area contributed by atoms with Crippen LogP contribution >= 0.6 is 11.8 Å². The van der Waals surface area contributed by atoms with Crippen molar-refractivity contribution >= 4 is 29.4 Å². The molecule has 0 saturated heterocycles. The van der Waals surface area contributed by atoms with Crippen molar-refractivity contribution in [2.45, 2.75) is 32.4 Å². The van der Waals surface area contributed by atoms with Gasteiger partial charge in [-0.15, -0.1) is 11.8 Å². The van der Waals surface area contributed by atoms with Crippen LogP contribution in [0.4, 0.5) is 14.6 Å². The number of aromatic nitrogens is 2. The number of carbonyl (C=O) groups excluding carboxylic acids is 2. The molecule has 2 amide bonds. The summed E-state index contributed by atoms with van der Waals surface area (Å²) in [7, 11) is 0. The Balaban J connectivity index is 1.82. The standard InChI is InChI=1S/C31H30F2N4O2S/c1-4-14-34-26(38)17-36-27(39)18-40-30(23-12-11-22(32)16-24(23)33)28-29(21-8-6-5-7-9-21)35-37(31(28)36)25-13-10-19(2)15-20(25)3/h5-13,15-16,30H,4,14,17-18H2,1-3H3,(H,34,38)/t30-/m1/s1. The predicted molar refractivity (Wildman–Crippen MR) is 155 cm³/mol. The lowest BCUT2D eigenvalue weighted by Gasteiger charge is -2.24. The molecule has 5 rings (SSSR count). The second-order valence-corrected chi connectivity index (χ2v) is 10.9. The molecule has 3 aromatic carbocycles. The number of benzene rings is 3. The third-order valence-corrected chi connectivity index (χ3v) is 8.07. The fourth-order valence-electron chi connectivity index (χ4n) is 4.96. The Morgan fingerprint density at radius 3 is 2.55 bits per heavy atom. The van der Waals surface area contributed by atoms with Crippen LogP contribution in [-0.4, -0.2) is 40.4 Å². The highest BCUT2D eigenvalue weighted by atomic mass is 32.2. The highest BCUT2D eigenvalue weighted by Gasteiger charge is 2.38. The summed E-state index contributed by atoms with van der Waals surface area (Å²) in [4.78, 5) is 28.1. The van der Waals surface area contributed by atoms with Crippen LogP contribution in [0.25, 0.3) is 16.9 Å². The van der Waals surface area contributed by atoms with E-state index in [0.717, 1.165) is 34.9 Å². The van der Waals surface area contributed by atoms with Crippen LogP contribution in [0.15, 0.2) is 66.7 Å². The van der Waals surface area contributed by atoms with Gasteiger partial charge in [-0.25, -0.2) is 13.5 Å². The summed E-state index contributed by atoms with van der Waals surface area (Å²) < 4.78 is 31.0. The van der Waals surface area contributed by atoms with Gasteiger partial charge in [0.2, 0.25) is 11.8 Å². The first-order valence-electron chi connectivity index (χ1n) is 13.2. The van der Waals surface area contributed by atoms with Gasteiger partial charge in [0, 0.05) is 29.3 Å². The van der Waals surface area contributed by atoms with Crippen molar-refractivity contribution in [2.75, 3.05) is 23.7 Å². The zero-order chi connectivity index (χ0) is 28.4. The number of amides is 2. The molecule has 0 aliphatic carbocycles. The molecule has 1 N–H and O–H groups in total. The maximum Gasteiger partial charge on any atom is 0.240 e. The SMILES string of the molecule is CCCNC(=O)CN1C(=O)CS[C@H](c2ccc(F)cc2F)c2c(-c3ccccc3)nn(-c3ccc(C)cc3C)c21. The zero-order valence-electron chi connectivity index (χ0n) is 22.6. The number of nitrogens with one attached hydrogen (secondary N) is 1. The number of hydrogen-bond acceptors (Lipinski definition) is 4. The Kier molecular flexibility index (Phi) is 8.02. The summed E-state index contributed by atoms with van der Waals surface area (Å²) >= 11 is 1.24. The van der Waals surface area contributed by atoms with Crippen LogP contribution in [0.1, 0.15) is 40.8 Å². The van der Waals surface area contributed by atoms with Gasteiger partial charge in [-0.1, -0.05) is 61.0 Å². The van der Waals surface area contributed by atoms with E-state index in [1.54, 1.807) is 4.68 Å². The predicted octanol–water partition coefficient (Wildman–Crippen LogP) is 6.13. The summed E-state index contributed by atoms with van der Waals surface area (Å²) in [5, 5.41) is 7.20. The van der Waals surface area contributed by atoms with E-state index in [0.29, 0.717) is 23.6 Å². The molecule has 0 fully saturated rings. The largest absolute Gasteiger partial charge is 0.355 e. The van der Waals surface area contributed by atoms with Gasteiger partial charge in [-0.05, 0) is 38.0 Å². The number of hydrogen-bond donors (Lipinski definition) is 1. The van der Waals surface area contributed by atoms with E-state index in [1.165, 1.54) is 28.8 Å². The molecule has 2 heterocycles. The minimum atomic E-state index is -0.705. The topological polar surface area (TPSA) is 67.2 Å². The molecule has 9 heteroatoms. The van der Waals surface area contributed by atoms with Gasteiger partial charge < -0.3 is 5.32 Å². The number of fused-ring (bicyclic) bond motifs is 1. The summed E-state index contributed by atoms with van der Waals surface area (Å²) in [6.45, 7) is 6.18. The van der Waals surface area contributed by atoms with Gasteiger partial charge in [0.15, 0.2) is 0 Å². The third-order valence-electron chi connectivity index (χ3n) is 6.84. The summed E-state index contributed by atoms with van der Waals surface area (Å²) in [6, 6.07) is 18.9. The average molecular weight is 561 g/mol. The first-order chi connectivity index (χ1) is 19.3. The molecular weight excluding hydrogens is 530 g/mol. The summed E-state index contributed by atoms with van der Waals surface area (Å²) in [6.07, 6.45) is 0.755. The van der Waals surface area contributed by atoms with E-state index in [1.807, 2.05) is 69.3 Å². The zero-order valence-corrected chi connectivity index (χ0v) is 23.4. The van der Waals surface area contributed by atoms with Crippen molar-refractivity contribution < 1.29 is 18.4 Å². The van der Waals surface area contributed by atoms with Gasteiger partial charge in [-0.3, -0.25) is 14.5 Å². The second kappa shape index (κ2) is 11.6. The van der Waals surface area contributed by atoms with Crippen molar-refractivity contribution in [1.29, 1.82) is 0 Å². The van der Waals surface area contributed by atoms with Crippen LogP contribution in [0.2, 0.25) is 0 Å². The van der Waals surface area contributed by atoms with Gasteiger partial charge in [-0.2, -0.15) is 5.10 Å². The number of thioether (sulfide) groups is 1. The Hall–Kier alpha value is -3.98. The molecule has 6 nitrogen and oxygen atoms in total. The molecule has 1 atom stereocenters. The van der Waals surface area contributed by atoms with Crippen molar-refractivity contribution in [3.63, 3.8) is 0 Å². The molecule has 0 bridgehead atoms. The lowest BCUT2D eigenvalue weighted by atomic mass is 9.99. The molecule has 0 radical (unpaired) electrons. The van der Waals surface area contributed by atoms with Gasteiger partial charge >= 0.3 is 0 Å². The van der Waals surface area contributed by atoms with Crippen LogP contribution in [0.3, 0.4) is 0 Å². The Labute approximate surface area is 236 Å². The molecule has 0 saturated carbocycles. The maximum absolute atomic E-state index is 15.3. The van der Waals surface area contributed by atoms with Crippen LogP contribution in [0, 0.1) is 25.5 Å². The molecule has 1 aromatic heterocycles. The van der Waals surface area contributed by atoms with Gasteiger partial charge in [0.05, 0.1) is 22.4 Å². The molecule has 1 aliphatic rings. The van der Waals surface area contributed by atoms with Crippen LogP contribution < -0.4 is 10.2 Å². The van der Waals surface area contributed by atoms with Gasteiger partial charge in [0.25, 0.3) is 0 Å². The molecule has 206 valence electrons. The highest BCUT2D eigenvalue weighted by Crippen LogP contribution is 2.49. The number of anilines is 1. The fraction of sp³-hybridized carbons (Fsp3) is 0.258. The second-order valence-electron chi connectivity index (χ2n) is 9.84. The average Bonchev–Trinajstić information content (AvgIpc) is 3.25. The minimum absolute atomic E-state index is 0.00166. The Bertz CT molecular complexity index is 1570. The molecule has 40 heavy (non-hydrogen) atoms. The molecule has 0 spiro atoms. The molecule has 1 aliphatic heterocycles. The maximum atomic E-state index is 15.3. The smallest absolute Gasteiger partial charge is 0.240 e. The van der Waals surface area contributed by atoms with Crippen LogP contribution in [-0.2, 0) is 9.59 Å². The molecule has 4 aromatic rings. The highest BCUT2D eigenvalue weighted by molar-refractivity contribution is 8.00. The monoisotopic (exact) mass is 560 g/mol. The number of rotatable bonds is 7. The summed E-state index contributed by atoms with van der Waals surface area (Å²) in [5.74, 6) is -1.58. The minimum Gasteiger partial charge on any atom is -0.355 e. The van der Waals surface area contributed by atoms with E-state index >= 15 is 4.39 Å². The molecular formula is C31H30F2N4O2S. The van der Waals surface area contributed by atoms with E-state index in [4.69, 9.17) is 5.10 Å². The molecule has 0 unspecified atom stereocenters. The van der Waals surface area contributed by atoms with Crippen molar-refractivity contribution in [2.24, 2.45) is 0 Å².